The molecule has 4 heteroatoms. The van der Waals surface area contributed by atoms with Crippen molar-refractivity contribution < 1.29 is 5.11 Å². The van der Waals surface area contributed by atoms with Crippen molar-refractivity contribution in [1.29, 1.82) is 0 Å². The zero-order valence-electron chi connectivity index (χ0n) is 6.46. The van der Waals surface area contributed by atoms with Crippen molar-refractivity contribution >= 4 is 38.3 Å². The molecular weight excluding hydrogens is 253 g/mol. The number of halogens is 2. The predicted octanol–water partition coefficient (Wildman–Crippen LogP) is 3.36. The van der Waals surface area contributed by atoms with E-state index in [1.165, 1.54) is 0 Å². The molecule has 2 nitrogen and oxygen atoms in total. The van der Waals surface area contributed by atoms with Crippen LogP contribution in [0.4, 0.5) is 0 Å². The highest BCUT2D eigenvalue weighted by Crippen LogP contribution is 2.34. The minimum absolute atomic E-state index is 0.125. The maximum absolute atomic E-state index is 9.61. The van der Waals surface area contributed by atoms with E-state index in [0.717, 1.165) is 5.39 Å². The number of aromatic nitrogens is 1. The molecule has 0 bridgehead atoms. The molecule has 0 saturated heterocycles. The topological polar surface area (TPSA) is 33.1 Å². The zero-order chi connectivity index (χ0) is 9.42. The van der Waals surface area contributed by atoms with E-state index in [9.17, 15) is 5.11 Å². The molecule has 2 aromatic rings. The largest absolute Gasteiger partial charge is 0.505 e. The van der Waals surface area contributed by atoms with Gasteiger partial charge in [-0.3, -0.25) is 0 Å². The second-order valence-corrected chi connectivity index (χ2v) is 3.70. The summed E-state index contributed by atoms with van der Waals surface area (Å²) in [5.74, 6) is 0.125. The molecule has 66 valence electrons. The van der Waals surface area contributed by atoms with Gasteiger partial charge < -0.3 is 5.11 Å². The lowest BCUT2D eigenvalue weighted by atomic mass is 10.2. The lowest BCUT2D eigenvalue weighted by molar-refractivity contribution is 0.475. The van der Waals surface area contributed by atoms with E-state index in [4.69, 9.17) is 11.6 Å². The first-order valence-corrected chi connectivity index (χ1v) is 4.80. The Labute approximate surface area is 88.3 Å². The van der Waals surface area contributed by atoms with Gasteiger partial charge in [0, 0.05) is 10.8 Å². The molecule has 0 amide bonds. The maximum Gasteiger partial charge on any atom is 0.156 e. The minimum Gasteiger partial charge on any atom is -0.505 e. The van der Waals surface area contributed by atoms with Crippen LogP contribution in [0.3, 0.4) is 0 Å². The summed E-state index contributed by atoms with van der Waals surface area (Å²) in [7, 11) is 0. The minimum atomic E-state index is 0.125. The molecule has 0 aliphatic carbocycles. The molecule has 2 rings (SSSR count). The molecule has 0 fully saturated rings. The summed E-state index contributed by atoms with van der Waals surface area (Å²) < 4.78 is 0.371. The first-order chi connectivity index (χ1) is 6.20. The van der Waals surface area contributed by atoms with E-state index in [0.29, 0.717) is 15.1 Å². The maximum atomic E-state index is 9.61. The Morgan fingerprint density at radius 2 is 1.85 bits per heavy atom. The fourth-order valence-corrected chi connectivity index (χ4v) is 1.92. The number of rotatable bonds is 0. The highest BCUT2D eigenvalue weighted by atomic mass is 79.9. The van der Waals surface area contributed by atoms with Gasteiger partial charge in [-0.15, -0.1) is 0 Å². The lowest BCUT2D eigenvalue weighted by Gasteiger charge is -2.03. The van der Waals surface area contributed by atoms with Gasteiger partial charge in [-0.25, -0.2) is 4.98 Å². The van der Waals surface area contributed by atoms with Crippen LogP contribution in [0.1, 0.15) is 0 Å². The Morgan fingerprint density at radius 3 is 2.54 bits per heavy atom. The Morgan fingerprint density at radius 1 is 1.23 bits per heavy atom. The van der Waals surface area contributed by atoms with Gasteiger partial charge in [0.05, 0.1) is 0 Å². The van der Waals surface area contributed by atoms with E-state index in [-0.39, 0.29) is 5.75 Å². The molecule has 0 unspecified atom stereocenters. The summed E-state index contributed by atoms with van der Waals surface area (Å²) >= 11 is 9.00. The third kappa shape index (κ3) is 1.38. The van der Waals surface area contributed by atoms with E-state index in [1.54, 1.807) is 6.07 Å². The standard InChI is InChI=1S/C9H5BrClNO/c10-8-7(13)5-3-1-2-4-6(5)9(11)12-8/h1-4,13H. The van der Waals surface area contributed by atoms with Gasteiger partial charge in [0.2, 0.25) is 0 Å². The molecule has 0 saturated carbocycles. The molecule has 0 radical (unpaired) electrons. The van der Waals surface area contributed by atoms with Crippen LogP contribution >= 0.6 is 27.5 Å². The van der Waals surface area contributed by atoms with Gasteiger partial charge in [-0.05, 0) is 15.9 Å². The van der Waals surface area contributed by atoms with Gasteiger partial charge in [0.15, 0.2) is 5.75 Å². The van der Waals surface area contributed by atoms with Crippen LogP contribution in [0.5, 0.6) is 5.75 Å². The van der Waals surface area contributed by atoms with E-state index in [1.807, 2.05) is 18.2 Å². The van der Waals surface area contributed by atoms with Crippen molar-refractivity contribution in [3.05, 3.63) is 34.0 Å². The van der Waals surface area contributed by atoms with Crippen molar-refractivity contribution in [3.8, 4) is 5.75 Å². The summed E-state index contributed by atoms with van der Waals surface area (Å²) in [5, 5.41) is 11.5. The molecule has 0 aliphatic rings. The van der Waals surface area contributed by atoms with Gasteiger partial charge in [0.25, 0.3) is 0 Å². The van der Waals surface area contributed by atoms with E-state index < -0.39 is 0 Å². The van der Waals surface area contributed by atoms with Crippen molar-refractivity contribution in [3.63, 3.8) is 0 Å². The van der Waals surface area contributed by atoms with Crippen molar-refractivity contribution in [2.75, 3.05) is 0 Å². The van der Waals surface area contributed by atoms with Crippen molar-refractivity contribution in [2.45, 2.75) is 0 Å². The zero-order valence-corrected chi connectivity index (χ0v) is 8.80. The third-order valence-corrected chi connectivity index (χ3v) is 2.64. The van der Waals surface area contributed by atoms with Gasteiger partial charge in [-0.1, -0.05) is 35.9 Å². The van der Waals surface area contributed by atoms with Crippen LogP contribution < -0.4 is 0 Å². The van der Waals surface area contributed by atoms with Crippen LogP contribution in [-0.2, 0) is 0 Å². The number of pyridine rings is 1. The quantitative estimate of drug-likeness (QED) is 0.735. The third-order valence-electron chi connectivity index (χ3n) is 1.80. The molecule has 0 atom stereocenters. The Bertz CT molecular complexity index is 472. The molecular formula is C9H5BrClNO. The van der Waals surface area contributed by atoms with Crippen LogP contribution in [0.15, 0.2) is 28.9 Å². The Kier molecular flexibility index (Phi) is 2.14. The number of nitrogens with zero attached hydrogens (tertiary/aromatic N) is 1. The predicted molar refractivity (Wildman–Crippen MR) is 56.1 cm³/mol. The SMILES string of the molecule is Oc1c(Br)nc(Cl)c2ccccc12. The summed E-state index contributed by atoms with van der Waals surface area (Å²) in [6.07, 6.45) is 0. The first-order valence-electron chi connectivity index (χ1n) is 3.63. The summed E-state index contributed by atoms with van der Waals surface area (Å²) in [4.78, 5) is 3.93. The van der Waals surface area contributed by atoms with E-state index in [2.05, 4.69) is 20.9 Å². The molecule has 1 N–H and O–H groups in total. The average molecular weight is 259 g/mol. The molecule has 1 aromatic carbocycles. The summed E-state index contributed by atoms with van der Waals surface area (Å²) in [5.41, 5.74) is 0. The van der Waals surface area contributed by atoms with E-state index >= 15 is 0 Å². The van der Waals surface area contributed by atoms with Gasteiger partial charge in [-0.2, -0.15) is 0 Å². The molecule has 13 heavy (non-hydrogen) atoms. The van der Waals surface area contributed by atoms with Crippen LogP contribution in [-0.4, -0.2) is 10.1 Å². The highest BCUT2D eigenvalue weighted by molar-refractivity contribution is 9.10. The van der Waals surface area contributed by atoms with Gasteiger partial charge in [0.1, 0.15) is 9.76 Å². The molecule has 0 spiro atoms. The molecule has 0 aliphatic heterocycles. The molecule has 1 aromatic heterocycles. The van der Waals surface area contributed by atoms with Crippen LogP contribution in [0, 0.1) is 0 Å². The number of fused-ring (bicyclic) bond motifs is 1. The van der Waals surface area contributed by atoms with Crippen molar-refractivity contribution in [1.82, 2.24) is 4.98 Å². The monoisotopic (exact) mass is 257 g/mol. The van der Waals surface area contributed by atoms with Crippen LogP contribution in [0.2, 0.25) is 5.15 Å². The fraction of sp³-hybridized carbons (Fsp3) is 0. The number of benzene rings is 1. The highest BCUT2D eigenvalue weighted by Gasteiger charge is 2.08. The van der Waals surface area contributed by atoms with Crippen LogP contribution in [0.25, 0.3) is 10.8 Å². The summed E-state index contributed by atoms with van der Waals surface area (Å²) in [6.45, 7) is 0. The first kappa shape index (κ1) is 8.78. The second kappa shape index (κ2) is 3.16. The summed E-state index contributed by atoms with van der Waals surface area (Å²) in [6, 6.07) is 7.30. The second-order valence-electron chi connectivity index (χ2n) is 2.59. The number of aromatic hydroxyl groups is 1. The van der Waals surface area contributed by atoms with Crippen molar-refractivity contribution in [2.24, 2.45) is 0 Å². The fourth-order valence-electron chi connectivity index (χ4n) is 1.18. The Hall–Kier alpha value is -0.800. The normalized spacial score (nSPS) is 10.6. The smallest absolute Gasteiger partial charge is 0.156 e. The lowest BCUT2D eigenvalue weighted by Crippen LogP contribution is -1.82. The Balaban J connectivity index is 2.97. The van der Waals surface area contributed by atoms with Gasteiger partial charge >= 0.3 is 0 Å². The number of hydrogen-bond donors (Lipinski definition) is 1. The average Bonchev–Trinajstić information content (AvgIpc) is 2.15. The molecule has 1 heterocycles. The number of hydrogen-bond acceptors (Lipinski definition) is 2.